The Kier molecular flexibility index (Phi) is 6.77. The van der Waals surface area contributed by atoms with E-state index < -0.39 is 0 Å². The van der Waals surface area contributed by atoms with Gasteiger partial charge in [-0.1, -0.05) is 25.9 Å². The second-order valence-corrected chi connectivity index (χ2v) is 6.42. The Balaban J connectivity index is 1.87. The maximum Gasteiger partial charge on any atom is 0.273 e. The van der Waals surface area contributed by atoms with Crippen LogP contribution in [-0.4, -0.2) is 23.0 Å². The van der Waals surface area contributed by atoms with Gasteiger partial charge in [0.2, 0.25) is 5.91 Å². The minimum Gasteiger partial charge on any atom is -0.486 e. The van der Waals surface area contributed by atoms with Gasteiger partial charge in [0.05, 0.1) is 0 Å². The molecule has 0 fully saturated rings. The Bertz CT molecular complexity index is 737. The molecule has 0 radical (unpaired) electrons. The second-order valence-electron chi connectivity index (χ2n) is 6.42. The molecule has 0 aliphatic carbocycles. The lowest BCUT2D eigenvalue weighted by Crippen LogP contribution is -2.32. The van der Waals surface area contributed by atoms with Crippen molar-refractivity contribution in [1.82, 2.24) is 10.5 Å². The fourth-order valence-electron chi connectivity index (χ4n) is 1.96. The molecule has 0 saturated heterocycles. The highest BCUT2D eigenvalue weighted by Crippen LogP contribution is 2.18. The van der Waals surface area contributed by atoms with Gasteiger partial charge in [0.15, 0.2) is 11.5 Å². The van der Waals surface area contributed by atoms with Gasteiger partial charge in [-0.15, -0.1) is 0 Å². The number of amides is 2. The van der Waals surface area contributed by atoms with Gasteiger partial charge in [0.1, 0.15) is 12.4 Å². The molecule has 140 valence electrons. The molecule has 2 N–H and O–H groups in total. The molecule has 0 saturated carbocycles. The molecule has 1 atom stereocenters. The standard InChI is InChI=1S/C19H25N3O4/c1-5-13(4)20-19(24)17-10-16(26-22-17)11-25-15-8-6-14(7-9-15)21-18(23)12(2)3/h6-10,12-13H,5,11H2,1-4H3,(H,20,24)(H,21,23)/t13-/m1/s1. The topological polar surface area (TPSA) is 93.5 Å². The lowest BCUT2D eigenvalue weighted by molar-refractivity contribution is -0.118. The summed E-state index contributed by atoms with van der Waals surface area (Å²) in [4.78, 5) is 23.6. The van der Waals surface area contributed by atoms with Crippen LogP contribution in [0.5, 0.6) is 5.75 Å². The van der Waals surface area contributed by atoms with Gasteiger partial charge in [-0.3, -0.25) is 9.59 Å². The van der Waals surface area contributed by atoms with E-state index in [9.17, 15) is 9.59 Å². The van der Waals surface area contributed by atoms with Crippen LogP contribution in [0, 0.1) is 5.92 Å². The number of carbonyl (C=O) groups excluding carboxylic acids is 2. The van der Waals surface area contributed by atoms with Gasteiger partial charge < -0.3 is 19.9 Å². The largest absolute Gasteiger partial charge is 0.486 e. The summed E-state index contributed by atoms with van der Waals surface area (Å²) in [5.74, 6) is 0.693. The van der Waals surface area contributed by atoms with Crippen molar-refractivity contribution in [3.05, 3.63) is 41.8 Å². The summed E-state index contributed by atoms with van der Waals surface area (Å²) in [7, 11) is 0. The lowest BCUT2D eigenvalue weighted by Gasteiger charge is -2.09. The van der Waals surface area contributed by atoms with Crippen molar-refractivity contribution in [1.29, 1.82) is 0 Å². The highest BCUT2D eigenvalue weighted by atomic mass is 16.5. The van der Waals surface area contributed by atoms with Gasteiger partial charge in [-0.05, 0) is 37.6 Å². The van der Waals surface area contributed by atoms with Crippen LogP contribution in [0.1, 0.15) is 50.4 Å². The van der Waals surface area contributed by atoms with Crippen molar-refractivity contribution in [2.45, 2.75) is 46.8 Å². The zero-order valence-corrected chi connectivity index (χ0v) is 15.5. The highest BCUT2D eigenvalue weighted by Gasteiger charge is 2.14. The molecule has 0 aliphatic rings. The van der Waals surface area contributed by atoms with Crippen molar-refractivity contribution in [3.8, 4) is 5.75 Å². The Morgan fingerprint density at radius 2 is 1.88 bits per heavy atom. The van der Waals surface area contributed by atoms with Gasteiger partial charge in [-0.25, -0.2) is 0 Å². The van der Waals surface area contributed by atoms with E-state index in [0.29, 0.717) is 17.2 Å². The van der Waals surface area contributed by atoms with Gasteiger partial charge in [0.25, 0.3) is 5.91 Å². The molecule has 26 heavy (non-hydrogen) atoms. The van der Waals surface area contributed by atoms with Crippen molar-refractivity contribution in [3.63, 3.8) is 0 Å². The van der Waals surface area contributed by atoms with E-state index in [1.807, 2.05) is 27.7 Å². The first kappa shape index (κ1) is 19.5. The first-order valence-corrected chi connectivity index (χ1v) is 8.69. The SMILES string of the molecule is CC[C@@H](C)NC(=O)c1cc(COc2ccc(NC(=O)C(C)C)cc2)on1. The summed E-state index contributed by atoms with van der Waals surface area (Å²) in [6, 6.07) is 8.68. The van der Waals surface area contributed by atoms with E-state index >= 15 is 0 Å². The maximum absolute atomic E-state index is 12.0. The van der Waals surface area contributed by atoms with Crippen LogP contribution >= 0.6 is 0 Å². The van der Waals surface area contributed by atoms with Gasteiger partial charge in [-0.2, -0.15) is 0 Å². The number of nitrogens with one attached hydrogen (secondary N) is 2. The van der Waals surface area contributed by atoms with Crippen LogP contribution in [0.4, 0.5) is 5.69 Å². The minimum absolute atomic E-state index is 0.0384. The quantitative estimate of drug-likeness (QED) is 0.754. The molecule has 1 aromatic heterocycles. The summed E-state index contributed by atoms with van der Waals surface area (Å²) in [5.41, 5.74) is 0.940. The van der Waals surface area contributed by atoms with E-state index in [4.69, 9.17) is 9.26 Å². The average Bonchev–Trinajstić information content (AvgIpc) is 3.10. The fraction of sp³-hybridized carbons (Fsp3) is 0.421. The van der Waals surface area contributed by atoms with E-state index in [1.165, 1.54) is 0 Å². The number of hydrogen-bond acceptors (Lipinski definition) is 5. The molecule has 0 bridgehead atoms. The molecule has 1 heterocycles. The zero-order chi connectivity index (χ0) is 19.1. The number of aromatic nitrogens is 1. The number of ether oxygens (including phenoxy) is 1. The Morgan fingerprint density at radius 1 is 1.19 bits per heavy atom. The molecular formula is C19H25N3O4. The Morgan fingerprint density at radius 3 is 2.50 bits per heavy atom. The van der Waals surface area contributed by atoms with Crippen LogP contribution in [0.2, 0.25) is 0 Å². The smallest absolute Gasteiger partial charge is 0.273 e. The predicted molar refractivity (Wildman–Crippen MR) is 98.0 cm³/mol. The Labute approximate surface area is 153 Å². The number of nitrogens with zero attached hydrogens (tertiary/aromatic N) is 1. The van der Waals surface area contributed by atoms with Crippen molar-refractivity contribution in [2.24, 2.45) is 5.92 Å². The average molecular weight is 359 g/mol. The van der Waals surface area contributed by atoms with E-state index in [0.717, 1.165) is 6.42 Å². The van der Waals surface area contributed by atoms with Crippen LogP contribution in [-0.2, 0) is 11.4 Å². The number of anilines is 1. The highest BCUT2D eigenvalue weighted by molar-refractivity contribution is 5.92. The number of hydrogen-bond donors (Lipinski definition) is 2. The van der Waals surface area contributed by atoms with E-state index in [-0.39, 0.29) is 36.1 Å². The molecule has 7 heteroatoms. The normalized spacial score (nSPS) is 11.9. The molecule has 0 aliphatic heterocycles. The fourth-order valence-corrected chi connectivity index (χ4v) is 1.96. The molecule has 0 unspecified atom stereocenters. The second kappa shape index (κ2) is 9.03. The summed E-state index contributed by atoms with van der Waals surface area (Å²) in [5, 5.41) is 9.40. The van der Waals surface area contributed by atoms with Gasteiger partial charge >= 0.3 is 0 Å². The number of carbonyl (C=O) groups is 2. The van der Waals surface area contributed by atoms with Crippen LogP contribution in [0.25, 0.3) is 0 Å². The molecular weight excluding hydrogens is 334 g/mol. The summed E-state index contributed by atoms with van der Waals surface area (Å²) in [6.45, 7) is 7.74. The first-order chi connectivity index (χ1) is 12.4. The number of benzene rings is 1. The third-order valence-electron chi connectivity index (χ3n) is 3.81. The Hall–Kier alpha value is -2.83. The summed E-state index contributed by atoms with van der Waals surface area (Å²) in [6.07, 6.45) is 0.840. The molecule has 0 spiro atoms. The van der Waals surface area contributed by atoms with E-state index in [2.05, 4.69) is 15.8 Å². The summed E-state index contributed by atoms with van der Waals surface area (Å²) >= 11 is 0. The van der Waals surface area contributed by atoms with Crippen LogP contribution in [0.3, 0.4) is 0 Å². The van der Waals surface area contributed by atoms with Crippen molar-refractivity contribution >= 4 is 17.5 Å². The van der Waals surface area contributed by atoms with Crippen molar-refractivity contribution in [2.75, 3.05) is 5.32 Å². The minimum atomic E-state index is -0.264. The van der Waals surface area contributed by atoms with Crippen LogP contribution < -0.4 is 15.4 Å². The van der Waals surface area contributed by atoms with E-state index in [1.54, 1.807) is 30.3 Å². The van der Waals surface area contributed by atoms with Crippen molar-refractivity contribution < 1.29 is 18.8 Å². The predicted octanol–water partition coefficient (Wildman–Crippen LogP) is 3.38. The number of rotatable bonds is 8. The molecule has 1 aromatic carbocycles. The zero-order valence-electron chi connectivity index (χ0n) is 15.5. The monoisotopic (exact) mass is 359 g/mol. The third kappa shape index (κ3) is 5.61. The maximum atomic E-state index is 12.0. The van der Waals surface area contributed by atoms with Crippen LogP contribution in [0.15, 0.2) is 34.9 Å². The molecule has 2 amide bonds. The molecule has 2 rings (SSSR count). The first-order valence-electron chi connectivity index (χ1n) is 8.69. The molecule has 7 nitrogen and oxygen atoms in total. The van der Waals surface area contributed by atoms with Gasteiger partial charge in [0, 0.05) is 23.7 Å². The summed E-state index contributed by atoms with van der Waals surface area (Å²) < 4.78 is 10.7. The third-order valence-corrected chi connectivity index (χ3v) is 3.81. The molecule has 2 aromatic rings. The lowest BCUT2D eigenvalue weighted by atomic mass is 10.2.